The minimum atomic E-state index is 0.141. The summed E-state index contributed by atoms with van der Waals surface area (Å²) in [6, 6.07) is 21.6. The minimum absolute atomic E-state index is 0.141. The number of methoxy groups -OCH3 is 1. The van der Waals surface area contributed by atoms with Crippen molar-refractivity contribution in [2.45, 2.75) is 60.3 Å². The Morgan fingerprint density at radius 2 is 1.52 bits per heavy atom. The van der Waals surface area contributed by atoms with Gasteiger partial charge in [-0.05, 0) is 64.1 Å². The first-order valence-corrected chi connectivity index (χ1v) is 11.5. The van der Waals surface area contributed by atoms with Crippen LogP contribution in [0.15, 0.2) is 60.7 Å². The van der Waals surface area contributed by atoms with Gasteiger partial charge in [-0.25, -0.2) is 0 Å². The molecule has 166 valence electrons. The van der Waals surface area contributed by atoms with E-state index in [1.54, 1.807) is 7.11 Å². The van der Waals surface area contributed by atoms with Gasteiger partial charge in [0.15, 0.2) is 11.5 Å². The average molecular weight is 419 g/mol. The molecule has 2 nitrogen and oxygen atoms in total. The molecule has 0 heterocycles. The second-order valence-corrected chi connectivity index (χ2v) is 10.3. The maximum absolute atomic E-state index is 6.18. The second-order valence-electron chi connectivity index (χ2n) is 10.3. The summed E-state index contributed by atoms with van der Waals surface area (Å²) in [6.45, 7) is 12.2. The first kappa shape index (κ1) is 23.2. The Balaban J connectivity index is 1.63. The molecule has 0 fully saturated rings. The van der Waals surface area contributed by atoms with Crippen molar-refractivity contribution >= 4 is 10.8 Å². The van der Waals surface area contributed by atoms with Gasteiger partial charge in [-0.2, -0.15) is 0 Å². The van der Waals surface area contributed by atoms with Gasteiger partial charge in [-0.3, -0.25) is 0 Å². The monoisotopic (exact) mass is 418 g/mol. The van der Waals surface area contributed by atoms with Crippen LogP contribution in [0.3, 0.4) is 0 Å². The molecule has 0 aliphatic heterocycles. The van der Waals surface area contributed by atoms with Gasteiger partial charge in [0.05, 0.1) is 13.7 Å². The highest BCUT2D eigenvalue weighted by molar-refractivity contribution is 5.85. The fourth-order valence-electron chi connectivity index (χ4n) is 4.11. The summed E-state index contributed by atoms with van der Waals surface area (Å²) in [6.07, 6.45) is 4.20. The lowest BCUT2D eigenvalue weighted by Crippen LogP contribution is -2.19. The molecular weight excluding hydrogens is 380 g/mol. The normalized spacial score (nSPS) is 12.2. The third kappa shape index (κ3) is 6.26. The van der Waals surface area contributed by atoms with Crippen molar-refractivity contribution in [3.05, 3.63) is 71.8 Å². The van der Waals surface area contributed by atoms with Crippen molar-refractivity contribution < 1.29 is 9.47 Å². The molecule has 0 aliphatic rings. The Labute approximate surface area is 188 Å². The molecule has 0 saturated carbocycles. The van der Waals surface area contributed by atoms with Crippen molar-refractivity contribution in [3.63, 3.8) is 0 Å². The summed E-state index contributed by atoms with van der Waals surface area (Å²) in [5, 5.41) is 2.66. The highest BCUT2D eigenvalue weighted by Gasteiger charge is 2.21. The Kier molecular flexibility index (Phi) is 7.30. The van der Waals surface area contributed by atoms with Crippen molar-refractivity contribution in [2.24, 2.45) is 10.8 Å². The summed E-state index contributed by atoms with van der Waals surface area (Å²) < 4.78 is 11.8. The second kappa shape index (κ2) is 9.77. The van der Waals surface area contributed by atoms with E-state index in [-0.39, 0.29) is 5.41 Å². The summed E-state index contributed by atoms with van der Waals surface area (Å²) in [5.74, 6) is 1.66. The largest absolute Gasteiger partial charge is 0.493 e. The van der Waals surface area contributed by atoms with Crippen LogP contribution in [0.2, 0.25) is 0 Å². The Bertz CT molecular complexity index is 995. The molecule has 2 heteroatoms. The smallest absolute Gasteiger partial charge is 0.161 e. The van der Waals surface area contributed by atoms with Crippen LogP contribution in [-0.4, -0.2) is 13.7 Å². The predicted octanol–water partition coefficient (Wildman–Crippen LogP) is 7.86. The molecular formula is C29H38O2. The predicted molar refractivity (Wildman–Crippen MR) is 132 cm³/mol. The van der Waals surface area contributed by atoms with E-state index in [9.17, 15) is 0 Å². The zero-order chi connectivity index (χ0) is 22.5. The van der Waals surface area contributed by atoms with E-state index in [0.717, 1.165) is 37.2 Å². The lowest BCUT2D eigenvalue weighted by atomic mass is 9.81. The number of hydrogen-bond acceptors (Lipinski definition) is 2. The van der Waals surface area contributed by atoms with Crippen LogP contribution in [0, 0.1) is 10.8 Å². The fraction of sp³-hybridized carbons (Fsp3) is 0.448. The molecule has 3 aromatic carbocycles. The van der Waals surface area contributed by atoms with Gasteiger partial charge in [0.25, 0.3) is 0 Å². The van der Waals surface area contributed by atoms with E-state index in [1.807, 2.05) is 0 Å². The van der Waals surface area contributed by atoms with Crippen molar-refractivity contribution in [3.8, 4) is 11.5 Å². The highest BCUT2D eigenvalue weighted by atomic mass is 16.5. The van der Waals surface area contributed by atoms with Crippen LogP contribution in [0.4, 0.5) is 0 Å². The molecule has 0 unspecified atom stereocenters. The Morgan fingerprint density at radius 3 is 2.26 bits per heavy atom. The first-order valence-electron chi connectivity index (χ1n) is 11.5. The van der Waals surface area contributed by atoms with Crippen molar-refractivity contribution in [1.82, 2.24) is 0 Å². The lowest BCUT2D eigenvalue weighted by molar-refractivity contribution is 0.220. The molecule has 3 aromatic rings. The Morgan fingerprint density at radius 1 is 0.774 bits per heavy atom. The lowest BCUT2D eigenvalue weighted by Gasteiger charge is -2.26. The van der Waals surface area contributed by atoms with Gasteiger partial charge in [-0.15, -0.1) is 0 Å². The van der Waals surface area contributed by atoms with Crippen LogP contribution in [0.5, 0.6) is 11.5 Å². The van der Waals surface area contributed by atoms with Crippen molar-refractivity contribution in [2.75, 3.05) is 13.7 Å². The van der Waals surface area contributed by atoms with E-state index in [1.165, 1.54) is 21.9 Å². The molecule has 0 saturated heterocycles. The standard InChI is InChI=1S/C29H38O2/c1-7-28(2,3)20-22-15-16-26(27(19-22)30-6)31-18-17-29(4,5)21-24-13-10-12-23-11-8-9-14-25(23)24/h8-16,19H,7,17-18,20-21H2,1-6H3. The maximum atomic E-state index is 6.18. The topological polar surface area (TPSA) is 18.5 Å². The first-order chi connectivity index (χ1) is 14.7. The molecule has 0 aromatic heterocycles. The van der Waals surface area contributed by atoms with E-state index >= 15 is 0 Å². The molecule has 0 spiro atoms. The van der Waals surface area contributed by atoms with Crippen LogP contribution in [0.1, 0.15) is 58.6 Å². The maximum Gasteiger partial charge on any atom is 0.161 e. The summed E-state index contributed by atoms with van der Waals surface area (Å²) >= 11 is 0. The molecule has 0 bridgehead atoms. The van der Waals surface area contributed by atoms with Gasteiger partial charge < -0.3 is 9.47 Å². The van der Waals surface area contributed by atoms with Crippen LogP contribution < -0.4 is 9.47 Å². The molecule has 0 atom stereocenters. The van der Waals surface area contributed by atoms with Crippen LogP contribution >= 0.6 is 0 Å². The fourth-order valence-corrected chi connectivity index (χ4v) is 4.11. The third-order valence-corrected chi connectivity index (χ3v) is 6.45. The van der Waals surface area contributed by atoms with Gasteiger partial charge >= 0.3 is 0 Å². The van der Waals surface area contributed by atoms with Crippen LogP contribution in [-0.2, 0) is 12.8 Å². The summed E-state index contributed by atoms with van der Waals surface area (Å²) in [5.41, 5.74) is 3.14. The summed E-state index contributed by atoms with van der Waals surface area (Å²) in [7, 11) is 1.72. The van der Waals surface area contributed by atoms with Crippen molar-refractivity contribution in [1.29, 1.82) is 0 Å². The quantitative estimate of drug-likeness (QED) is 0.333. The molecule has 31 heavy (non-hydrogen) atoms. The zero-order valence-electron chi connectivity index (χ0n) is 20.1. The third-order valence-electron chi connectivity index (χ3n) is 6.45. The number of ether oxygens (including phenoxy) is 2. The van der Waals surface area contributed by atoms with Gasteiger partial charge in [0, 0.05) is 0 Å². The number of rotatable bonds is 10. The van der Waals surface area contributed by atoms with Crippen LogP contribution in [0.25, 0.3) is 10.8 Å². The number of hydrogen-bond donors (Lipinski definition) is 0. The van der Waals surface area contributed by atoms with E-state index in [2.05, 4.69) is 95.3 Å². The highest BCUT2D eigenvalue weighted by Crippen LogP contribution is 2.34. The van der Waals surface area contributed by atoms with E-state index < -0.39 is 0 Å². The molecule has 0 amide bonds. The Hall–Kier alpha value is -2.48. The molecule has 0 aliphatic carbocycles. The minimum Gasteiger partial charge on any atom is -0.493 e. The van der Waals surface area contributed by atoms with Gasteiger partial charge in [-0.1, -0.05) is 89.6 Å². The SMILES string of the molecule is CCC(C)(C)Cc1ccc(OCCC(C)(C)Cc2cccc3ccccc23)c(OC)c1. The summed E-state index contributed by atoms with van der Waals surface area (Å²) in [4.78, 5) is 0. The van der Waals surface area contributed by atoms with Gasteiger partial charge in [0.1, 0.15) is 0 Å². The molecule has 3 rings (SSSR count). The average Bonchev–Trinajstić information content (AvgIpc) is 2.74. The van der Waals surface area contributed by atoms with E-state index in [0.29, 0.717) is 12.0 Å². The number of fused-ring (bicyclic) bond motifs is 1. The number of benzene rings is 3. The molecule has 0 radical (unpaired) electrons. The van der Waals surface area contributed by atoms with Gasteiger partial charge in [0.2, 0.25) is 0 Å². The molecule has 0 N–H and O–H groups in total. The zero-order valence-corrected chi connectivity index (χ0v) is 20.1. The van der Waals surface area contributed by atoms with E-state index in [4.69, 9.17) is 9.47 Å².